The first-order chi connectivity index (χ1) is 17.0. The summed E-state index contributed by atoms with van der Waals surface area (Å²) in [6.45, 7) is 0. The van der Waals surface area contributed by atoms with Gasteiger partial charge in [-0.3, -0.25) is 9.89 Å². The molecule has 0 spiro atoms. The van der Waals surface area contributed by atoms with Crippen LogP contribution in [0, 0.1) is 0 Å². The second-order valence-corrected chi connectivity index (χ2v) is 7.85. The highest BCUT2D eigenvalue weighted by Crippen LogP contribution is 2.39. The number of benzene rings is 3. The van der Waals surface area contributed by atoms with Gasteiger partial charge in [0.1, 0.15) is 11.4 Å². The first-order valence-electron chi connectivity index (χ1n) is 10.3. The molecule has 0 radical (unpaired) electrons. The molecule has 0 amide bonds. The fraction of sp³-hybridized carbons (Fsp3) is 0.0833. The third-order valence-electron chi connectivity index (χ3n) is 5.51. The Morgan fingerprint density at radius 1 is 0.778 bits per heavy atom. The van der Waals surface area contributed by atoms with Crippen LogP contribution in [-0.2, 0) is 12.4 Å². The molecule has 6 nitrogen and oxygen atoms in total. The molecule has 2 N–H and O–H groups in total. The largest absolute Gasteiger partial charge is 0.416 e. The van der Waals surface area contributed by atoms with Crippen LogP contribution in [0.25, 0.3) is 32.9 Å². The van der Waals surface area contributed by atoms with Gasteiger partial charge in [0, 0.05) is 27.4 Å². The van der Waals surface area contributed by atoms with E-state index in [0.717, 1.165) is 0 Å². The molecule has 0 aliphatic rings. The SMILES string of the molecule is O=Cc1[nH]nc2cc(-c3nnc(Nc4cc(C(F)(F)F)cc(C(F)(F)F)c4)c4ccccc34)ccc12. The highest BCUT2D eigenvalue weighted by atomic mass is 19.4. The summed E-state index contributed by atoms with van der Waals surface area (Å²) in [6, 6.07) is 13.0. The molecule has 182 valence electrons. The van der Waals surface area contributed by atoms with Crippen LogP contribution in [0.15, 0.2) is 60.7 Å². The number of carbonyl (C=O) groups is 1. The number of nitrogens with one attached hydrogen (secondary N) is 2. The van der Waals surface area contributed by atoms with Crippen LogP contribution in [0.5, 0.6) is 0 Å². The molecule has 0 unspecified atom stereocenters. The summed E-state index contributed by atoms with van der Waals surface area (Å²) >= 11 is 0. The molecule has 0 bridgehead atoms. The van der Waals surface area contributed by atoms with Crippen molar-refractivity contribution in [1.29, 1.82) is 0 Å². The van der Waals surface area contributed by atoms with Crippen molar-refractivity contribution >= 4 is 39.5 Å². The maximum absolute atomic E-state index is 13.3. The summed E-state index contributed by atoms with van der Waals surface area (Å²) in [5, 5.41) is 19.1. The lowest BCUT2D eigenvalue weighted by Gasteiger charge is -2.16. The van der Waals surface area contributed by atoms with Crippen molar-refractivity contribution in [2.24, 2.45) is 0 Å². The highest BCUT2D eigenvalue weighted by Gasteiger charge is 2.37. The van der Waals surface area contributed by atoms with Gasteiger partial charge in [-0.1, -0.05) is 30.3 Å². The van der Waals surface area contributed by atoms with Gasteiger partial charge < -0.3 is 5.32 Å². The number of hydrogen-bond acceptors (Lipinski definition) is 5. The number of aldehydes is 1. The Labute approximate surface area is 198 Å². The predicted octanol–water partition coefficient (Wildman–Crippen LogP) is 6.77. The molecular weight excluding hydrogens is 488 g/mol. The van der Waals surface area contributed by atoms with Crippen LogP contribution in [-0.4, -0.2) is 26.7 Å². The number of hydrogen-bond donors (Lipinski definition) is 2. The summed E-state index contributed by atoms with van der Waals surface area (Å²) in [7, 11) is 0. The Morgan fingerprint density at radius 3 is 2.08 bits per heavy atom. The summed E-state index contributed by atoms with van der Waals surface area (Å²) in [5.41, 5.74) is -1.51. The molecule has 36 heavy (non-hydrogen) atoms. The van der Waals surface area contributed by atoms with Crippen LogP contribution >= 0.6 is 0 Å². The number of aromatic nitrogens is 4. The Bertz CT molecular complexity index is 1590. The van der Waals surface area contributed by atoms with E-state index >= 15 is 0 Å². The van der Waals surface area contributed by atoms with Gasteiger partial charge in [0.2, 0.25) is 0 Å². The number of rotatable bonds is 4. The first-order valence-corrected chi connectivity index (χ1v) is 10.3. The monoisotopic (exact) mass is 501 g/mol. The van der Waals surface area contributed by atoms with E-state index in [1.165, 1.54) is 0 Å². The van der Waals surface area contributed by atoms with Gasteiger partial charge in [0.15, 0.2) is 12.1 Å². The molecule has 0 saturated carbocycles. The van der Waals surface area contributed by atoms with Gasteiger partial charge in [0.05, 0.1) is 16.6 Å². The van der Waals surface area contributed by atoms with Crippen LogP contribution in [0.3, 0.4) is 0 Å². The highest BCUT2D eigenvalue weighted by molar-refractivity contribution is 6.03. The second-order valence-electron chi connectivity index (χ2n) is 7.85. The molecule has 0 aliphatic carbocycles. The lowest BCUT2D eigenvalue weighted by atomic mass is 10.0. The number of halogens is 6. The topological polar surface area (TPSA) is 83.6 Å². The van der Waals surface area contributed by atoms with Crippen LogP contribution in [0.4, 0.5) is 37.8 Å². The molecule has 0 atom stereocenters. The standard InChI is InChI=1S/C24H13F6N5O/c25-23(26,27)13-8-14(24(28,29)30)10-15(9-13)31-22-17-4-2-1-3-16(17)21(34-35-22)12-5-6-18-19(7-12)32-33-20(18)11-36/h1-11H,(H,31,35)(H,32,33). The average molecular weight is 501 g/mol. The van der Waals surface area contributed by atoms with Crippen molar-refractivity contribution in [2.45, 2.75) is 12.4 Å². The van der Waals surface area contributed by atoms with E-state index < -0.39 is 29.2 Å². The van der Waals surface area contributed by atoms with Gasteiger partial charge in [0.25, 0.3) is 0 Å². The van der Waals surface area contributed by atoms with E-state index in [0.29, 0.717) is 57.0 Å². The summed E-state index contributed by atoms with van der Waals surface area (Å²) in [4.78, 5) is 11.1. The zero-order chi connectivity index (χ0) is 25.7. The number of carbonyl (C=O) groups excluding carboxylic acids is 1. The molecule has 0 fully saturated rings. The maximum Gasteiger partial charge on any atom is 0.416 e. The third-order valence-corrected chi connectivity index (χ3v) is 5.51. The van der Waals surface area contributed by atoms with Gasteiger partial charge in [-0.15, -0.1) is 10.2 Å². The zero-order valence-electron chi connectivity index (χ0n) is 17.9. The molecule has 2 heterocycles. The first kappa shape index (κ1) is 23.3. The lowest BCUT2D eigenvalue weighted by Crippen LogP contribution is -2.12. The van der Waals surface area contributed by atoms with Crippen LogP contribution < -0.4 is 5.32 Å². The number of anilines is 2. The Kier molecular flexibility index (Phi) is 5.38. The van der Waals surface area contributed by atoms with Crippen molar-refractivity contribution in [1.82, 2.24) is 20.4 Å². The van der Waals surface area contributed by atoms with Crippen molar-refractivity contribution in [3.05, 3.63) is 77.5 Å². The smallest absolute Gasteiger partial charge is 0.338 e. The summed E-state index contributed by atoms with van der Waals surface area (Å²) < 4.78 is 79.5. The Hall–Kier alpha value is -4.48. The van der Waals surface area contributed by atoms with E-state index in [2.05, 4.69) is 25.7 Å². The number of fused-ring (bicyclic) bond motifs is 2. The molecule has 3 aromatic carbocycles. The van der Waals surface area contributed by atoms with Crippen molar-refractivity contribution in [3.8, 4) is 11.3 Å². The lowest BCUT2D eigenvalue weighted by molar-refractivity contribution is -0.143. The molecule has 2 aromatic heterocycles. The number of nitrogens with zero attached hydrogens (tertiary/aromatic N) is 3. The van der Waals surface area contributed by atoms with E-state index in [1.807, 2.05) is 0 Å². The van der Waals surface area contributed by atoms with Crippen LogP contribution in [0.2, 0.25) is 0 Å². The number of aromatic amines is 1. The normalized spacial score (nSPS) is 12.3. The molecule has 0 aliphatic heterocycles. The van der Waals surface area contributed by atoms with E-state index in [-0.39, 0.29) is 11.9 Å². The maximum atomic E-state index is 13.3. The quantitative estimate of drug-likeness (QED) is 0.210. The van der Waals surface area contributed by atoms with Crippen molar-refractivity contribution in [3.63, 3.8) is 0 Å². The van der Waals surface area contributed by atoms with Crippen molar-refractivity contribution < 1.29 is 31.1 Å². The van der Waals surface area contributed by atoms with Gasteiger partial charge in [-0.2, -0.15) is 31.4 Å². The summed E-state index contributed by atoms with van der Waals surface area (Å²) in [5.74, 6) is -0.0223. The Morgan fingerprint density at radius 2 is 1.44 bits per heavy atom. The number of H-pyrrole nitrogens is 1. The van der Waals surface area contributed by atoms with Gasteiger partial charge in [-0.05, 0) is 30.3 Å². The van der Waals surface area contributed by atoms with Crippen LogP contribution in [0.1, 0.15) is 21.6 Å². The second kappa shape index (κ2) is 8.33. The molecule has 0 saturated heterocycles. The molecule has 12 heteroatoms. The third kappa shape index (κ3) is 4.21. The molecular formula is C24H13F6N5O. The predicted molar refractivity (Wildman–Crippen MR) is 120 cm³/mol. The Balaban J connectivity index is 1.61. The minimum absolute atomic E-state index is 0.0223. The zero-order valence-corrected chi connectivity index (χ0v) is 17.9. The fourth-order valence-electron chi connectivity index (χ4n) is 3.84. The molecule has 5 aromatic rings. The fourth-order valence-corrected chi connectivity index (χ4v) is 3.84. The van der Waals surface area contributed by atoms with E-state index in [9.17, 15) is 31.1 Å². The minimum atomic E-state index is -4.98. The van der Waals surface area contributed by atoms with Crippen molar-refractivity contribution in [2.75, 3.05) is 5.32 Å². The average Bonchev–Trinajstić information content (AvgIpc) is 3.25. The number of alkyl halides is 6. The van der Waals surface area contributed by atoms with E-state index in [1.54, 1.807) is 42.5 Å². The minimum Gasteiger partial charge on any atom is -0.338 e. The molecule has 5 rings (SSSR count). The van der Waals surface area contributed by atoms with E-state index in [4.69, 9.17) is 0 Å². The van der Waals surface area contributed by atoms with Gasteiger partial charge >= 0.3 is 12.4 Å². The van der Waals surface area contributed by atoms with Gasteiger partial charge in [-0.25, -0.2) is 0 Å². The summed E-state index contributed by atoms with van der Waals surface area (Å²) in [6.07, 6.45) is -9.32.